The van der Waals surface area contributed by atoms with Crippen molar-refractivity contribution in [3.8, 4) is 17.2 Å². The minimum atomic E-state index is -2.04. The van der Waals surface area contributed by atoms with E-state index in [1.54, 1.807) is 0 Å². The summed E-state index contributed by atoms with van der Waals surface area (Å²) in [6.07, 6.45) is -21.8. The number of phenolic OH excluding ortho intramolecular Hbond substituents is 2. The molecule has 1 aliphatic carbocycles. The highest BCUT2D eigenvalue weighted by atomic mass is 16.8. The predicted octanol–water partition coefficient (Wildman–Crippen LogP) is -3.33. The third-order valence-electron chi connectivity index (χ3n) is 11.3. The number of hydrogen-bond acceptors (Lipinski definition) is 22. The fraction of sp³-hybridized carbons (Fsp3) is 0.465. The van der Waals surface area contributed by atoms with Gasteiger partial charge in [0, 0.05) is 18.2 Å². The zero-order valence-corrected chi connectivity index (χ0v) is 34.7. The number of methoxy groups -OCH3 is 1. The summed E-state index contributed by atoms with van der Waals surface area (Å²) in [6, 6.07) is 9.87. The number of ether oxygens (including phenoxy) is 9. The molecule has 3 saturated heterocycles. The molecule has 14 N–H and O–H groups in total. The van der Waals surface area contributed by atoms with Crippen molar-refractivity contribution in [1.29, 1.82) is 0 Å². The van der Waals surface area contributed by atoms with Crippen LogP contribution in [0.3, 0.4) is 0 Å². The van der Waals surface area contributed by atoms with Gasteiger partial charge < -0.3 is 109 Å². The lowest BCUT2D eigenvalue weighted by molar-refractivity contribution is -0.363. The average molecular weight is 936 g/mol. The van der Waals surface area contributed by atoms with Crippen molar-refractivity contribution < 1.29 is 114 Å². The van der Waals surface area contributed by atoms with E-state index in [-0.39, 0.29) is 45.9 Å². The van der Waals surface area contributed by atoms with Gasteiger partial charge in [-0.25, -0.2) is 4.79 Å². The second kappa shape index (κ2) is 20.7. The summed E-state index contributed by atoms with van der Waals surface area (Å²) in [6.45, 7) is -2.32. The van der Waals surface area contributed by atoms with Gasteiger partial charge in [-0.15, -0.1) is 0 Å². The average Bonchev–Trinajstić information content (AvgIpc) is 3.30. The molecule has 7 rings (SSSR count). The molecule has 0 spiro atoms. The Hall–Kier alpha value is -5.35. The number of allylic oxidation sites excluding steroid dienone is 2. The zero-order chi connectivity index (χ0) is 47.6. The standard InChI is InChI=1S/C43H50O23/c1-58-25-10-17(2-8-22(25)48)3-9-30(49)59-16-29-33(52)35(54)38(57)42(65-29)66-40-36(55)32(51)28(15-45)64-43(40)62-26-13-21-23(60-39(26)18-4-6-19(46)7-5-18)11-20(47)12-24(21)61-41-37(56)34(53)31(50)27(14-44)63-41/h2-13,23,27-29,31-38,40-48,50-57H,14-16H2,1H3/p+1. The first-order valence-corrected chi connectivity index (χ1v) is 20.4. The van der Waals surface area contributed by atoms with Gasteiger partial charge >= 0.3 is 11.7 Å². The zero-order valence-electron chi connectivity index (χ0n) is 34.7. The molecule has 23 nitrogen and oxygen atoms in total. The molecular weight excluding hydrogens is 884 g/mol. The monoisotopic (exact) mass is 935 g/mol. The molecule has 4 aliphatic heterocycles. The van der Waals surface area contributed by atoms with Crippen molar-refractivity contribution in [2.45, 2.75) is 98.2 Å². The highest BCUT2D eigenvalue weighted by Crippen LogP contribution is 2.40. The summed E-state index contributed by atoms with van der Waals surface area (Å²) >= 11 is 0. The smallest absolute Gasteiger partial charge is 0.330 e. The number of phenols is 2. The summed E-state index contributed by atoms with van der Waals surface area (Å²) in [4.78, 5) is 12.7. The molecule has 16 atom stereocenters. The van der Waals surface area contributed by atoms with Crippen LogP contribution < -0.4 is 4.74 Å². The highest BCUT2D eigenvalue weighted by Gasteiger charge is 2.53. The molecule has 0 bridgehead atoms. The third-order valence-corrected chi connectivity index (χ3v) is 11.3. The fourth-order valence-corrected chi connectivity index (χ4v) is 7.57. The molecule has 4 heterocycles. The number of fused-ring (bicyclic) bond motifs is 1. The summed E-state index contributed by atoms with van der Waals surface area (Å²) in [5.41, 5.74) is 0.881. The van der Waals surface area contributed by atoms with Crippen LogP contribution >= 0.6 is 0 Å². The number of aliphatic hydroxyl groups is 13. The van der Waals surface area contributed by atoms with E-state index in [2.05, 4.69) is 0 Å². The molecule has 16 unspecified atom stereocenters. The lowest BCUT2D eigenvalue weighted by Gasteiger charge is -2.46. The molecule has 23 heteroatoms. The Morgan fingerprint density at radius 1 is 0.712 bits per heavy atom. The molecule has 0 aromatic heterocycles. The normalized spacial score (nSPS) is 35.8. The van der Waals surface area contributed by atoms with E-state index >= 15 is 0 Å². The van der Waals surface area contributed by atoms with Crippen LogP contribution in [0.2, 0.25) is 0 Å². The molecule has 0 amide bonds. The third kappa shape index (κ3) is 10.3. The van der Waals surface area contributed by atoms with Crippen LogP contribution in [0.5, 0.6) is 17.2 Å². The second-order valence-electron chi connectivity index (χ2n) is 15.7. The van der Waals surface area contributed by atoms with E-state index in [0.717, 1.165) is 12.2 Å². The predicted molar refractivity (Wildman–Crippen MR) is 218 cm³/mol. The van der Waals surface area contributed by atoms with Gasteiger partial charge in [-0.05, 0) is 48.0 Å². The van der Waals surface area contributed by atoms with Crippen molar-refractivity contribution >= 4 is 17.8 Å². The highest BCUT2D eigenvalue weighted by molar-refractivity contribution is 5.87. The van der Waals surface area contributed by atoms with Crippen molar-refractivity contribution in [2.24, 2.45) is 0 Å². The van der Waals surface area contributed by atoms with E-state index in [0.29, 0.717) is 11.1 Å². The van der Waals surface area contributed by atoms with Crippen molar-refractivity contribution in [2.75, 3.05) is 26.9 Å². The van der Waals surface area contributed by atoms with E-state index < -0.39 is 124 Å². The van der Waals surface area contributed by atoms with Gasteiger partial charge in [-0.1, -0.05) is 6.07 Å². The maximum Gasteiger partial charge on any atom is 0.330 e. The molecule has 360 valence electrons. The van der Waals surface area contributed by atoms with Crippen LogP contribution in [0.15, 0.2) is 89.6 Å². The molecule has 0 radical (unpaired) electrons. The maximum absolute atomic E-state index is 12.7. The number of carbonyl (C=O) groups is 1. The summed E-state index contributed by atoms with van der Waals surface area (Å²) in [7, 11) is 1.34. The minimum Gasteiger partial charge on any atom is -0.571 e. The molecular formula is C43H51O23+. The minimum absolute atomic E-state index is 0.0263. The lowest BCUT2D eigenvalue weighted by Crippen LogP contribution is -2.64. The Kier molecular flexibility index (Phi) is 15.2. The van der Waals surface area contributed by atoms with Gasteiger partial charge in [0.1, 0.15) is 91.0 Å². The SMILES string of the molecule is COc1cc(C=CC(=O)OCC2OC(OC3C(OC4=C(c5ccc(O)cc5)[OH+]C5C=C(O)C=C(OC6OC(CO)C(O)C(O)C6O)C5=C4)OC(CO)C(O)C3O)C(O)C(O)C2O)ccc1O. The first kappa shape index (κ1) is 48.6. The molecule has 3 fully saturated rings. The van der Waals surface area contributed by atoms with Crippen molar-refractivity contribution in [3.63, 3.8) is 0 Å². The van der Waals surface area contributed by atoms with E-state index in [9.17, 15) is 71.2 Å². The number of rotatable bonds is 14. The van der Waals surface area contributed by atoms with E-state index in [1.165, 1.54) is 67.8 Å². The molecule has 66 heavy (non-hydrogen) atoms. The summed E-state index contributed by atoms with van der Waals surface area (Å²) in [5, 5.41) is 137. The number of benzene rings is 2. The Morgan fingerprint density at radius 2 is 1.33 bits per heavy atom. The van der Waals surface area contributed by atoms with E-state index in [4.69, 9.17) is 42.6 Å². The van der Waals surface area contributed by atoms with Crippen LogP contribution in [0.4, 0.5) is 0 Å². The summed E-state index contributed by atoms with van der Waals surface area (Å²) < 4.78 is 50.3. The van der Waals surface area contributed by atoms with Crippen LogP contribution in [0.25, 0.3) is 11.8 Å². The van der Waals surface area contributed by atoms with Crippen molar-refractivity contribution in [1.82, 2.24) is 0 Å². The fourth-order valence-electron chi connectivity index (χ4n) is 7.57. The first-order valence-electron chi connectivity index (χ1n) is 20.4. The van der Waals surface area contributed by atoms with Gasteiger partial charge in [0.2, 0.25) is 24.4 Å². The van der Waals surface area contributed by atoms with Crippen molar-refractivity contribution in [3.05, 3.63) is 101 Å². The molecule has 0 saturated carbocycles. The quantitative estimate of drug-likeness (QED) is 0.0501. The van der Waals surface area contributed by atoms with Gasteiger partial charge in [0.25, 0.3) is 0 Å². The van der Waals surface area contributed by atoms with E-state index in [1.807, 2.05) is 0 Å². The number of aliphatic hydroxyl groups excluding tert-OH is 11. The molecule has 2 aromatic rings. The van der Waals surface area contributed by atoms with Crippen LogP contribution in [-0.4, -0.2) is 202 Å². The lowest BCUT2D eigenvalue weighted by atomic mass is 9.96. The van der Waals surface area contributed by atoms with Crippen LogP contribution in [0.1, 0.15) is 11.1 Å². The maximum atomic E-state index is 12.7. The van der Waals surface area contributed by atoms with Crippen LogP contribution in [-0.2, 0) is 38.0 Å². The Balaban J connectivity index is 1.15. The van der Waals surface area contributed by atoms with Gasteiger partial charge in [0.05, 0.1) is 37.5 Å². The number of carbonyl (C=O) groups excluding carboxylic acids is 1. The largest absolute Gasteiger partial charge is 0.571 e. The first-order chi connectivity index (χ1) is 31.5. The number of esters is 1. The Bertz CT molecular complexity index is 2190. The molecule has 5 aliphatic rings. The molecule has 2 aromatic carbocycles. The Morgan fingerprint density at radius 3 is 2.00 bits per heavy atom. The number of aromatic hydroxyl groups is 2. The number of hydrogen-bond donors (Lipinski definition) is 13. The topological polar surface area (TPSA) is 367 Å². The Labute approximate surface area is 374 Å². The summed E-state index contributed by atoms with van der Waals surface area (Å²) in [5.74, 6) is -1.76. The van der Waals surface area contributed by atoms with Gasteiger partial charge in [-0.2, -0.15) is 0 Å². The van der Waals surface area contributed by atoms with Gasteiger partial charge in [0.15, 0.2) is 23.9 Å². The van der Waals surface area contributed by atoms with Crippen LogP contribution in [0, 0.1) is 0 Å². The van der Waals surface area contributed by atoms with Gasteiger partial charge in [-0.3, -0.25) is 0 Å². The second-order valence-corrected chi connectivity index (χ2v) is 15.7.